The molecule has 186 valence electrons. The maximum Gasteiger partial charge on any atom is 0.303 e. The molecule has 0 aromatic carbocycles. The van der Waals surface area contributed by atoms with Crippen LogP contribution in [0.15, 0.2) is 15.3 Å². The van der Waals surface area contributed by atoms with E-state index in [0.717, 1.165) is 13.8 Å². The number of hydrogen-bond acceptors (Lipinski definition) is 10. The highest BCUT2D eigenvalue weighted by molar-refractivity contribution is 5.66. The summed E-state index contributed by atoms with van der Waals surface area (Å²) in [6.45, 7) is 3.36. The smallest absolute Gasteiger partial charge is 0.303 e. The van der Waals surface area contributed by atoms with Crippen molar-refractivity contribution in [3.63, 3.8) is 0 Å². The molecule has 1 aliphatic carbocycles. The molecule has 1 heterocycles. The lowest BCUT2D eigenvalue weighted by Gasteiger charge is -2.46. The van der Waals surface area contributed by atoms with Gasteiger partial charge < -0.3 is 24.1 Å². The highest BCUT2D eigenvalue weighted by Gasteiger charge is 2.52. The van der Waals surface area contributed by atoms with Gasteiger partial charge >= 0.3 is 11.9 Å². The van der Waals surface area contributed by atoms with E-state index in [0.29, 0.717) is 0 Å². The molecule has 17 heteroatoms. The van der Waals surface area contributed by atoms with Gasteiger partial charge in [-0.05, 0) is 28.9 Å². The Morgan fingerprint density at radius 3 is 2.24 bits per heavy atom. The lowest BCUT2D eigenvalue weighted by molar-refractivity contribution is -0.287. The monoisotopic (exact) mass is 485 g/mol. The largest absolute Gasteiger partial charge is 0.459 e. The fourth-order valence-corrected chi connectivity index (χ4v) is 4.06. The summed E-state index contributed by atoms with van der Waals surface area (Å²) in [7, 11) is 0. The first-order chi connectivity index (χ1) is 16.1. The molecule has 0 aromatic heterocycles. The summed E-state index contributed by atoms with van der Waals surface area (Å²) in [4.78, 5) is 30.9. The van der Waals surface area contributed by atoms with E-state index in [2.05, 4.69) is 30.1 Å². The van der Waals surface area contributed by atoms with E-state index in [9.17, 15) is 14.7 Å². The van der Waals surface area contributed by atoms with Crippen LogP contribution in [0.5, 0.6) is 0 Å². The Labute approximate surface area is 192 Å². The topological polar surface area (TPSA) is 238 Å². The summed E-state index contributed by atoms with van der Waals surface area (Å²) in [5.74, 6) is -2.09. The van der Waals surface area contributed by atoms with E-state index in [1.54, 1.807) is 6.92 Å². The van der Waals surface area contributed by atoms with Crippen molar-refractivity contribution >= 4 is 11.9 Å². The Kier molecular flexibility index (Phi) is 9.69. The quantitative estimate of drug-likeness (QED) is 0.233. The van der Waals surface area contributed by atoms with Crippen LogP contribution in [0.25, 0.3) is 31.3 Å². The van der Waals surface area contributed by atoms with Gasteiger partial charge in [-0.25, -0.2) is 4.39 Å². The molecule has 2 rings (SSSR count). The third kappa shape index (κ3) is 6.38. The number of hydrogen-bond donors (Lipinski definition) is 1. The van der Waals surface area contributed by atoms with Gasteiger partial charge in [0.05, 0.1) is 18.7 Å². The second-order valence-corrected chi connectivity index (χ2v) is 7.82. The van der Waals surface area contributed by atoms with E-state index in [-0.39, 0.29) is 6.42 Å². The normalized spacial score (nSPS) is 37.2. The van der Waals surface area contributed by atoms with Crippen LogP contribution in [0.3, 0.4) is 0 Å². The molecular formula is C17H24FN9O7. The third-order valence-corrected chi connectivity index (χ3v) is 5.43. The number of alkyl halides is 1. The van der Waals surface area contributed by atoms with Gasteiger partial charge in [-0.3, -0.25) is 9.59 Å². The number of nitrogens with zero attached hydrogens (tertiary/aromatic N) is 9. The summed E-state index contributed by atoms with van der Waals surface area (Å²) < 4.78 is 36.9. The highest BCUT2D eigenvalue weighted by Crippen LogP contribution is 2.36. The van der Waals surface area contributed by atoms with Crippen molar-refractivity contribution < 1.29 is 38.0 Å². The zero-order valence-electron chi connectivity index (χ0n) is 18.5. The van der Waals surface area contributed by atoms with Gasteiger partial charge in [-0.1, -0.05) is 22.3 Å². The minimum atomic E-state index is -2.10. The molecule has 16 nitrogen and oxygen atoms in total. The average molecular weight is 485 g/mol. The SMILES string of the molecule is CC(=O)O[C@@H]1[C@@H](CN=[N+]=[N-])O[C@H](O[C@H]2[C@H](O)[C@@H](OC(C)=O)C(N=[N+]=[N-])C[C@@H]2C)C(N=[N+]=[N-])[C@@H]1F. The van der Waals surface area contributed by atoms with E-state index in [4.69, 9.17) is 35.5 Å². The number of ether oxygens (including phenoxy) is 4. The number of aliphatic hydroxyl groups is 1. The van der Waals surface area contributed by atoms with E-state index in [1.807, 2.05) is 0 Å². The summed E-state index contributed by atoms with van der Waals surface area (Å²) in [5.41, 5.74) is 26.4. The lowest BCUT2D eigenvalue weighted by Crippen LogP contribution is -2.61. The van der Waals surface area contributed by atoms with Crippen molar-refractivity contribution in [2.45, 2.75) is 82.3 Å². The van der Waals surface area contributed by atoms with Gasteiger partial charge in [-0.15, -0.1) is 0 Å². The maximum atomic E-state index is 15.3. The molecule has 0 aromatic rings. The van der Waals surface area contributed by atoms with Crippen LogP contribution in [0.2, 0.25) is 0 Å². The number of rotatable bonds is 8. The predicted molar refractivity (Wildman–Crippen MR) is 109 cm³/mol. The third-order valence-electron chi connectivity index (χ3n) is 5.43. The Bertz CT molecular complexity index is 904. The summed E-state index contributed by atoms with van der Waals surface area (Å²) in [6, 6.07) is -2.53. The van der Waals surface area contributed by atoms with Crippen LogP contribution in [0.1, 0.15) is 27.2 Å². The molecule has 0 amide bonds. The standard InChI is InChI=1S/C17H24FN9O7/c1-6-4-9(23-26-20)15(31-7(2)28)13(30)14(6)34-17-12(24-27-21)11(18)16(32-8(3)29)10(33-17)5-22-25-19/h6,9-17,30H,4-5H2,1-3H3/t6-,9?,10+,11-,12?,13-,14+,15-,16+,17+/m0/s1. The highest BCUT2D eigenvalue weighted by atomic mass is 19.1. The zero-order chi connectivity index (χ0) is 25.4. The van der Waals surface area contributed by atoms with Crippen LogP contribution in [-0.2, 0) is 28.5 Å². The molecule has 1 saturated carbocycles. The number of esters is 2. The van der Waals surface area contributed by atoms with Gasteiger partial charge in [0.2, 0.25) is 0 Å². The predicted octanol–water partition coefficient (Wildman–Crippen LogP) is 2.37. The molecule has 0 radical (unpaired) electrons. The second kappa shape index (κ2) is 12.2. The second-order valence-electron chi connectivity index (χ2n) is 7.82. The van der Waals surface area contributed by atoms with Crippen molar-refractivity contribution in [1.82, 2.24) is 0 Å². The molecule has 0 spiro atoms. The van der Waals surface area contributed by atoms with Crippen LogP contribution in [0, 0.1) is 5.92 Å². The van der Waals surface area contributed by atoms with Gasteiger partial charge in [0.25, 0.3) is 0 Å². The Hall–Kier alpha value is -3.32. The number of carbonyl (C=O) groups is 2. The molecule has 1 aliphatic heterocycles. The Morgan fingerprint density at radius 1 is 1.06 bits per heavy atom. The molecule has 10 atom stereocenters. The van der Waals surface area contributed by atoms with E-state index >= 15 is 4.39 Å². The number of carbonyl (C=O) groups excluding carboxylic acids is 2. The molecule has 1 N–H and O–H groups in total. The van der Waals surface area contributed by atoms with Crippen molar-refractivity contribution in [2.75, 3.05) is 6.54 Å². The van der Waals surface area contributed by atoms with Crippen molar-refractivity contribution in [1.29, 1.82) is 0 Å². The minimum absolute atomic E-state index is 0.139. The first-order valence-corrected chi connectivity index (χ1v) is 10.2. The van der Waals surface area contributed by atoms with Crippen LogP contribution >= 0.6 is 0 Å². The van der Waals surface area contributed by atoms with Crippen LogP contribution < -0.4 is 0 Å². The van der Waals surface area contributed by atoms with Crippen LogP contribution in [0.4, 0.5) is 4.39 Å². The first-order valence-electron chi connectivity index (χ1n) is 10.2. The van der Waals surface area contributed by atoms with E-state index < -0.39 is 79.5 Å². The fraction of sp³-hybridized carbons (Fsp3) is 0.882. The molecule has 2 aliphatic rings. The number of aliphatic hydroxyl groups excluding tert-OH is 1. The van der Waals surface area contributed by atoms with Crippen LogP contribution in [-0.4, -0.2) is 78.7 Å². The zero-order valence-corrected chi connectivity index (χ0v) is 18.5. The van der Waals surface area contributed by atoms with Gasteiger partial charge in [-0.2, -0.15) is 0 Å². The molecule has 0 bridgehead atoms. The Balaban J connectivity index is 2.36. The molecule has 2 unspecified atom stereocenters. The molecule has 1 saturated heterocycles. The summed E-state index contributed by atoms with van der Waals surface area (Å²) >= 11 is 0. The first kappa shape index (κ1) is 26.9. The Morgan fingerprint density at radius 2 is 1.68 bits per heavy atom. The molecule has 34 heavy (non-hydrogen) atoms. The maximum absolute atomic E-state index is 15.3. The van der Waals surface area contributed by atoms with Gasteiger partial charge in [0.15, 0.2) is 18.6 Å². The molecular weight excluding hydrogens is 461 g/mol. The van der Waals surface area contributed by atoms with Gasteiger partial charge in [0.1, 0.15) is 24.4 Å². The average Bonchev–Trinajstić information content (AvgIpc) is 2.76. The summed E-state index contributed by atoms with van der Waals surface area (Å²) in [6.07, 6.45) is -10.3. The minimum Gasteiger partial charge on any atom is -0.459 e. The number of azide groups is 3. The van der Waals surface area contributed by atoms with Gasteiger partial charge in [0, 0.05) is 28.6 Å². The van der Waals surface area contributed by atoms with Crippen molar-refractivity contribution in [3.8, 4) is 0 Å². The molecule has 2 fully saturated rings. The van der Waals surface area contributed by atoms with Crippen molar-refractivity contribution in [3.05, 3.63) is 31.3 Å². The van der Waals surface area contributed by atoms with Crippen molar-refractivity contribution in [2.24, 2.45) is 21.3 Å². The lowest BCUT2D eigenvalue weighted by atomic mass is 9.80. The number of halogens is 1. The summed E-state index contributed by atoms with van der Waals surface area (Å²) in [5, 5.41) is 21.1. The van der Waals surface area contributed by atoms with E-state index in [1.165, 1.54) is 0 Å². The fourth-order valence-electron chi connectivity index (χ4n) is 4.06.